The number of rotatable bonds is 19. The fourth-order valence-corrected chi connectivity index (χ4v) is 4.77. The monoisotopic (exact) mass is 702 g/mol. The summed E-state index contributed by atoms with van der Waals surface area (Å²) in [5.74, 6) is -10.4. The van der Waals surface area contributed by atoms with Gasteiger partial charge in [-0.3, -0.25) is 38.4 Å². The number of amides is 7. The number of carboxylic acids is 2. The largest absolute Gasteiger partial charge is 0.481 e. The van der Waals surface area contributed by atoms with Crippen molar-refractivity contribution in [1.29, 1.82) is 0 Å². The van der Waals surface area contributed by atoms with Gasteiger partial charge in [0.25, 0.3) is 0 Å². The zero-order valence-electron chi connectivity index (χ0n) is 27.5. The standard InChI is InChI=1S/C28H46N8O13/c1-11(2)20(25(45)31-12(3)27(47)36-7-5-6-17(36)28(48)49)34-23(43)15(9-18(30)39)32-24(44)16(10-37)33-26(46)21(13(4)38)35-22(42)14(29)8-19(40)41/h11-17,20-21,37-38H,5-10,29H2,1-4H3,(H2,30,39)(H,31,45)(H,32,44)(H,33,46)(H,34,43)(H,35,42)(H,40,41)(H,48,49)/t12-,13+,14-,15-,16-,17-,20-,21-/m0/s1. The number of carbonyl (C=O) groups is 9. The van der Waals surface area contributed by atoms with Crippen LogP contribution in [0.15, 0.2) is 0 Å². The van der Waals surface area contributed by atoms with Gasteiger partial charge in [-0.15, -0.1) is 0 Å². The van der Waals surface area contributed by atoms with Gasteiger partial charge in [0, 0.05) is 6.54 Å². The summed E-state index contributed by atoms with van der Waals surface area (Å²) in [6.07, 6.45) is -2.48. The molecule has 0 aromatic heterocycles. The van der Waals surface area contributed by atoms with Crippen LogP contribution in [0.1, 0.15) is 53.4 Å². The SMILES string of the molecule is CC(C)[C@H](NC(=O)[C@H](CC(N)=O)NC(=O)[C@H](CO)NC(=O)[C@@H](NC(=O)[C@@H](N)CC(=O)O)[C@@H](C)O)C(=O)N[C@@H](C)C(=O)N1CCC[C@H]1C(=O)O. The lowest BCUT2D eigenvalue weighted by Gasteiger charge is -2.29. The first-order chi connectivity index (χ1) is 22.7. The van der Waals surface area contributed by atoms with E-state index in [1.807, 2.05) is 5.32 Å². The molecule has 1 aliphatic heterocycles. The first-order valence-corrected chi connectivity index (χ1v) is 15.3. The van der Waals surface area contributed by atoms with Gasteiger partial charge in [-0.05, 0) is 32.6 Å². The highest BCUT2D eigenvalue weighted by atomic mass is 16.4. The fourth-order valence-electron chi connectivity index (χ4n) is 4.77. The van der Waals surface area contributed by atoms with Crippen molar-refractivity contribution in [3.8, 4) is 0 Å². The van der Waals surface area contributed by atoms with E-state index in [0.717, 1.165) is 11.8 Å². The lowest BCUT2D eigenvalue weighted by Crippen LogP contribution is -2.62. The van der Waals surface area contributed by atoms with E-state index < -0.39 is 127 Å². The number of hydrogen-bond acceptors (Lipinski definition) is 12. The lowest BCUT2D eigenvalue weighted by molar-refractivity contribution is -0.149. The Balaban J connectivity index is 3.04. The predicted molar refractivity (Wildman–Crippen MR) is 165 cm³/mol. The lowest BCUT2D eigenvalue weighted by atomic mass is 10.0. The number of nitrogens with two attached hydrogens (primary N) is 2. The number of nitrogens with zero attached hydrogens (tertiary/aromatic N) is 1. The Hall–Kier alpha value is -4.89. The fraction of sp³-hybridized carbons (Fsp3) is 0.679. The third kappa shape index (κ3) is 12.9. The summed E-state index contributed by atoms with van der Waals surface area (Å²) in [6.45, 7) is 4.62. The van der Waals surface area contributed by atoms with Gasteiger partial charge < -0.3 is 63.4 Å². The molecule has 7 amide bonds. The van der Waals surface area contributed by atoms with E-state index in [1.165, 1.54) is 6.92 Å². The summed E-state index contributed by atoms with van der Waals surface area (Å²) >= 11 is 0. The molecule has 0 radical (unpaired) electrons. The Morgan fingerprint density at radius 1 is 0.755 bits per heavy atom. The molecule has 1 heterocycles. The number of hydrogen-bond donors (Lipinski definition) is 11. The van der Waals surface area contributed by atoms with Crippen LogP contribution in [-0.4, -0.2) is 140 Å². The molecule has 0 spiro atoms. The van der Waals surface area contributed by atoms with Crippen molar-refractivity contribution in [2.45, 2.75) is 102 Å². The minimum Gasteiger partial charge on any atom is -0.481 e. The van der Waals surface area contributed by atoms with Crippen molar-refractivity contribution in [1.82, 2.24) is 31.5 Å². The molecular weight excluding hydrogens is 656 g/mol. The molecule has 1 aliphatic rings. The van der Waals surface area contributed by atoms with Crippen LogP contribution in [0.5, 0.6) is 0 Å². The number of primary amides is 1. The first kappa shape index (κ1) is 42.1. The molecule has 0 aromatic rings. The van der Waals surface area contributed by atoms with Crippen LogP contribution in [-0.2, 0) is 43.2 Å². The molecule has 0 unspecified atom stereocenters. The molecule has 21 nitrogen and oxygen atoms in total. The Bertz CT molecular complexity index is 1280. The van der Waals surface area contributed by atoms with Crippen molar-refractivity contribution in [3.63, 3.8) is 0 Å². The van der Waals surface area contributed by atoms with E-state index in [0.29, 0.717) is 6.42 Å². The summed E-state index contributed by atoms with van der Waals surface area (Å²) in [4.78, 5) is 113. The minimum absolute atomic E-state index is 0.180. The van der Waals surface area contributed by atoms with Crippen molar-refractivity contribution in [2.75, 3.05) is 13.2 Å². The maximum atomic E-state index is 13.2. The molecule has 21 heteroatoms. The van der Waals surface area contributed by atoms with Gasteiger partial charge >= 0.3 is 11.9 Å². The van der Waals surface area contributed by atoms with Gasteiger partial charge in [0.05, 0.1) is 31.6 Å². The van der Waals surface area contributed by atoms with E-state index in [4.69, 9.17) is 16.6 Å². The van der Waals surface area contributed by atoms with E-state index in [2.05, 4.69) is 21.3 Å². The zero-order valence-corrected chi connectivity index (χ0v) is 27.5. The number of likely N-dealkylation sites (tertiary alicyclic amines) is 1. The van der Waals surface area contributed by atoms with Crippen LogP contribution in [0.4, 0.5) is 0 Å². The third-order valence-electron chi connectivity index (χ3n) is 7.44. The molecule has 1 saturated heterocycles. The summed E-state index contributed by atoms with van der Waals surface area (Å²) < 4.78 is 0. The number of carboxylic acid groups (broad SMARTS) is 2. The second kappa shape index (κ2) is 19.2. The molecule has 49 heavy (non-hydrogen) atoms. The summed E-state index contributed by atoms with van der Waals surface area (Å²) in [6, 6.07) is -10.5. The number of nitrogens with one attached hydrogen (secondary N) is 5. The van der Waals surface area contributed by atoms with E-state index in [-0.39, 0.29) is 13.0 Å². The second-order valence-corrected chi connectivity index (χ2v) is 11.9. The quantitative estimate of drug-likeness (QED) is 0.0597. The van der Waals surface area contributed by atoms with Gasteiger partial charge in [0.1, 0.15) is 36.3 Å². The maximum Gasteiger partial charge on any atom is 0.326 e. The third-order valence-corrected chi connectivity index (χ3v) is 7.44. The van der Waals surface area contributed by atoms with Gasteiger partial charge in [-0.1, -0.05) is 13.8 Å². The predicted octanol–water partition coefficient (Wildman–Crippen LogP) is -5.79. The van der Waals surface area contributed by atoms with Crippen LogP contribution in [0.3, 0.4) is 0 Å². The van der Waals surface area contributed by atoms with E-state index >= 15 is 0 Å². The van der Waals surface area contributed by atoms with Gasteiger partial charge in [-0.2, -0.15) is 0 Å². The van der Waals surface area contributed by atoms with Crippen LogP contribution in [0.25, 0.3) is 0 Å². The number of carbonyl (C=O) groups excluding carboxylic acids is 7. The van der Waals surface area contributed by atoms with Gasteiger partial charge in [0.2, 0.25) is 41.4 Å². The first-order valence-electron chi connectivity index (χ1n) is 15.3. The topological polar surface area (TPSA) is 350 Å². The molecule has 0 aliphatic carbocycles. The van der Waals surface area contributed by atoms with Crippen LogP contribution in [0.2, 0.25) is 0 Å². The highest BCUT2D eigenvalue weighted by molar-refractivity contribution is 5.98. The Labute approximate surface area is 280 Å². The molecule has 0 bridgehead atoms. The minimum atomic E-state index is -1.82. The Morgan fingerprint density at radius 2 is 1.29 bits per heavy atom. The second-order valence-electron chi connectivity index (χ2n) is 11.9. The van der Waals surface area contributed by atoms with Crippen molar-refractivity contribution < 1.29 is 63.6 Å². The highest BCUT2D eigenvalue weighted by Crippen LogP contribution is 2.18. The van der Waals surface area contributed by atoms with Crippen molar-refractivity contribution in [3.05, 3.63) is 0 Å². The Morgan fingerprint density at radius 3 is 1.78 bits per heavy atom. The average Bonchev–Trinajstić information content (AvgIpc) is 3.49. The summed E-state index contributed by atoms with van der Waals surface area (Å²) in [5, 5.41) is 49.0. The van der Waals surface area contributed by atoms with E-state index in [9.17, 15) is 58.5 Å². The van der Waals surface area contributed by atoms with Gasteiger partial charge in [-0.25, -0.2) is 4.79 Å². The molecule has 8 atom stereocenters. The molecule has 1 rings (SSSR count). The molecule has 0 aromatic carbocycles. The zero-order chi connectivity index (χ0) is 37.7. The smallest absolute Gasteiger partial charge is 0.326 e. The van der Waals surface area contributed by atoms with Crippen molar-refractivity contribution in [2.24, 2.45) is 17.4 Å². The molecular formula is C28H46N8O13. The van der Waals surface area contributed by atoms with Gasteiger partial charge in [0.15, 0.2) is 0 Å². The summed E-state index contributed by atoms with van der Waals surface area (Å²) in [7, 11) is 0. The molecule has 1 fully saturated rings. The molecule has 0 saturated carbocycles. The summed E-state index contributed by atoms with van der Waals surface area (Å²) in [5.41, 5.74) is 10.7. The molecule has 276 valence electrons. The van der Waals surface area contributed by atoms with Crippen LogP contribution < -0.4 is 38.1 Å². The number of aliphatic hydroxyl groups excluding tert-OH is 2. The highest BCUT2D eigenvalue weighted by Gasteiger charge is 2.38. The Kier molecular flexibility index (Phi) is 16.5. The number of aliphatic hydroxyl groups is 2. The van der Waals surface area contributed by atoms with Crippen LogP contribution >= 0.6 is 0 Å². The van der Waals surface area contributed by atoms with E-state index in [1.54, 1.807) is 13.8 Å². The number of aliphatic carboxylic acids is 2. The van der Waals surface area contributed by atoms with Crippen LogP contribution in [0, 0.1) is 5.92 Å². The molecule has 13 N–H and O–H groups in total. The van der Waals surface area contributed by atoms with Crippen molar-refractivity contribution >= 4 is 53.3 Å². The normalized spacial score (nSPS) is 18.4. The maximum absolute atomic E-state index is 13.2. The average molecular weight is 703 g/mol.